The lowest BCUT2D eigenvalue weighted by Crippen LogP contribution is -2.35. The molecular formula is C10H9ClN4O. The number of halogens is 1. The van der Waals surface area contributed by atoms with Crippen molar-refractivity contribution in [1.29, 1.82) is 5.26 Å². The van der Waals surface area contributed by atoms with Gasteiger partial charge in [0.05, 0.1) is 6.07 Å². The van der Waals surface area contributed by atoms with E-state index in [1.165, 1.54) is 17.0 Å². The molecule has 0 aromatic carbocycles. The Bertz CT molecular complexity index is 439. The maximum absolute atomic E-state index is 12.0. The highest BCUT2D eigenvalue weighted by atomic mass is 35.5. The molecule has 5 nitrogen and oxygen atoms in total. The van der Waals surface area contributed by atoms with Crippen LogP contribution in [0, 0.1) is 11.3 Å². The monoisotopic (exact) mass is 236 g/mol. The van der Waals surface area contributed by atoms with Crippen LogP contribution in [-0.2, 0) is 0 Å². The molecule has 2 rings (SSSR count). The molecule has 0 bridgehead atoms. The number of hydrogen-bond acceptors (Lipinski definition) is 4. The van der Waals surface area contributed by atoms with Crippen LogP contribution in [0.3, 0.4) is 0 Å². The van der Waals surface area contributed by atoms with Crippen molar-refractivity contribution in [3.8, 4) is 6.07 Å². The van der Waals surface area contributed by atoms with Gasteiger partial charge in [0, 0.05) is 6.54 Å². The minimum atomic E-state index is -0.343. The second-order valence-corrected chi connectivity index (χ2v) is 3.91. The number of amides is 1. The number of rotatable bonds is 1. The summed E-state index contributed by atoms with van der Waals surface area (Å²) in [5, 5.41) is 16.4. The Morgan fingerprint density at radius 3 is 3.00 bits per heavy atom. The molecule has 82 valence electrons. The van der Waals surface area contributed by atoms with Crippen molar-refractivity contribution in [2.45, 2.75) is 18.9 Å². The predicted molar refractivity (Wildman–Crippen MR) is 56.7 cm³/mol. The molecule has 0 N–H and O–H groups in total. The summed E-state index contributed by atoms with van der Waals surface area (Å²) in [7, 11) is 0. The van der Waals surface area contributed by atoms with Gasteiger partial charge in [0.25, 0.3) is 5.91 Å². The Balaban J connectivity index is 2.19. The summed E-state index contributed by atoms with van der Waals surface area (Å²) in [5.41, 5.74) is 0.228. The van der Waals surface area contributed by atoms with E-state index in [0.29, 0.717) is 6.54 Å². The third-order valence-electron chi connectivity index (χ3n) is 2.51. The van der Waals surface area contributed by atoms with Crippen LogP contribution >= 0.6 is 11.6 Å². The standard InChI is InChI=1S/C10H9ClN4O/c11-9-4-3-8(13-14-9)10(16)15-5-1-2-7(15)6-12/h3-4,7H,1-2,5H2. The van der Waals surface area contributed by atoms with Gasteiger partial charge >= 0.3 is 0 Å². The van der Waals surface area contributed by atoms with Gasteiger partial charge in [-0.1, -0.05) is 11.6 Å². The summed E-state index contributed by atoms with van der Waals surface area (Å²) >= 11 is 5.58. The van der Waals surface area contributed by atoms with Crippen molar-refractivity contribution in [2.75, 3.05) is 6.54 Å². The first-order valence-corrected chi connectivity index (χ1v) is 5.30. The van der Waals surface area contributed by atoms with Crippen LogP contribution < -0.4 is 0 Å². The maximum Gasteiger partial charge on any atom is 0.275 e. The molecule has 16 heavy (non-hydrogen) atoms. The van der Waals surface area contributed by atoms with Crippen molar-refractivity contribution in [3.63, 3.8) is 0 Å². The average molecular weight is 237 g/mol. The van der Waals surface area contributed by atoms with Gasteiger partial charge in [0.2, 0.25) is 0 Å². The number of carbonyl (C=O) groups is 1. The Kier molecular flexibility index (Phi) is 3.02. The Hall–Kier alpha value is -1.67. The molecule has 0 radical (unpaired) electrons. The predicted octanol–water partition coefficient (Wildman–Crippen LogP) is 1.26. The van der Waals surface area contributed by atoms with Crippen LogP contribution in [0.5, 0.6) is 0 Å². The van der Waals surface area contributed by atoms with Crippen molar-refractivity contribution in [2.24, 2.45) is 0 Å². The molecule has 1 unspecified atom stereocenters. The van der Waals surface area contributed by atoms with Crippen LogP contribution in [-0.4, -0.2) is 33.6 Å². The number of hydrogen-bond donors (Lipinski definition) is 0. The molecule has 0 spiro atoms. The van der Waals surface area contributed by atoms with Crippen molar-refractivity contribution in [1.82, 2.24) is 15.1 Å². The van der Waals surface area contributed by atoms with E-state index in [1.807, 2.05) is 0 Å². The fourth-order valence-corrected chi connectivity index (χ4v) is 1.82. The van der Waals surface area contributed by atoms with Gasteiger partial charge in [-0.3, -0.25) is 4.79 Å². The highest BCUT2D eigenvalue weighted by molar-refractivity contribution is 6.29. The summed E-state index contributed by atoms with van der Waals surface area (Å²) in [5.74, 6) is -0.256. The second kappa shape index (κ2) is 4.45. The highest BCUT2D eigenvalue weighted by Crippen LogP contribution is 2.18. The Labute approximate surface area is 97.6 Å². The van der Waals surface area contributed by atoms with E-state index in [0.717, 1.165) is 12.8 Å². The number of aromatic nitrogens is 2. The molecule has 2 heterocycles. The number of carbonyl (C=O) groups excluding carboxylic acids is 1. The largest absolute Gasteiger partial charge is 0.321 e. The normalized spacial score (nSPS) is 19.5. The van der Waals surface area contributed by atoms with E-state index < -0.39 is 0 Å². The quantitative estimate of drug-likeness (QED) is 0.736. The van der Waals surface area contributed by atoms with E-state index in [4.69, 9.17) is 16.9 Å². The summed E-state index contributed by atoms with van der Waals surface area (Å²) in [4.78, 5) is 13.5. The zero-order valence-corrected chi connectivity index (χ0v) is 9.18. The summed E-state index contributed by atoms with van der Waals surface area (Å²) in [6.07, 6.45) is 1.58. The fourth-order valence-electron chi connectivity index (χ4n) is 1.72. The van der Waals surface area contributed by atoms with Gasteiger partial charge in [0.15, 0.2) is 10.8 Å². The minimum Gasteiger partial charge on any atom is -0.321 e. The molecule has 1 aromatic rings. The minimum absolute atomic E-state index is 0.228. The Morgan fingerprint density at radius 1 is 1.56 bits per heavy atom. The van der Waals surface area contributed by atoms with Crippen molar-refractivity contribution in [3.05, 3.63) is 23.0 Å². The van der Waals surface area contributed by atoms with Crippen molar-refractivity contribution >= 4 is 17.5 Å². The topological polar surface area (TPSA) is 69.9 Å². The highest BCUT2D eigenvalue weighted by Gasteiger charge is 2.29. The van der Waals surface area contributed by atoms with Gasteiger partial charge in [-0.05, 0) is 25.0 Å². The summed E-state index contributed by atoms with van der Waals surface area (Å²) < 4.78 is 0. The molecule has 1 atom stereocenters. The molecule has 1 aliphatic heterocycles. The van der Waals surface area contributed by atoms with Crippen LogP contribution in [0.4, 0.5) is 0 Å². The van der Waals surface area contributed by atoms with Crippen molar-refractivity contribution < 1.29 is 4.79 Å². The van der Waals surface area contributed by atoms with Crippen LogP contribution in [0.15, 0.2) is 12.1 Å². The van der Waals surface area contributed by atoms with Crippen LogP contribution in [0.1, 0.15) is 23.3 Å². The third kappa shape index (κ3) is 1.97. The lowest BCUT2D eigenvalue weighted by molar-refractivity contribution is 0.0758. The van der Waals surface area contributed by atoms with E-state index in [1.54, 1.807) is 0 Å². The Morgan fingerprint density at radius 2 is 2.38 bits per heavy atom. The van der Waals surface area contributed by atoms with E-state index in [9.17, 15) is 4.79 Å². The molecule has 0 saturated carbocycles. The zero-order chi connectivity index (χ0) is 11.5. The van der Waals surface area contributed by atoms with Gasteiger partial charge in [-0.2, -0.15) is 5.26 Å². The molecule has 0 aliphatic carbocycles. The van der Waals surface area contributed by atoms with Crippen LogP contribution in [0.25, 0.3) is 0 Å². The molecule has 1 fully saturated rings. The summed E-state index contributed by atoms with van der Waals surface area (Å²) in [6, 6.07) is 4.80. The molecular weight excluding hydrogens is 228 g/mol. The molecule has 1 amide bonds. The van der Waals surface area contributed by atoms with Gasteiger partial charge in [0.1, 0.15) is 6.04 Å². The van der Waals surface area contributed by atoms with Crippen LogP contribution in [0.2, 0.25) is 5.15 Å². The lowest BCUT2D eigenvalue weighted by atomic mass is 10.2. The first-order chi connectivity index (χ1) is 7.72. The SMILES string of the molecule is N#CC1CCCN1C(=O)c1ccc(Cl)nn1. The van der Waals surface area contributed by atoms with Gasteiger partial charge in [-0.15, -0.1) is 10.2 Å². The maximum atomic E-state index is 12.0. The average Bonchev–Trinajstić information content (AvgIpc) is 2.77. The second-order valence-electron chi connectivity index (χ2n) is 3.53. The number of nitrogens with zero attached hydrogens (tertiary/aromatic N) is 4. The van der Waals surface area contributed by atoms with Gasteiger partial charge < -0.3 is 4.90 Å². The summed E-state index contributed by atoms with van der Waals surface area (Å²) in [6.45, 7) is 0.599. The zero-order valence-electron chi connectivity index (χ0n) is 8.43. The molecule has 6 heteroatoms. The third-order valence-corrected chi connectivity index (χ3v) is 2.72. The molecule has 1 saturated heterocycles. The first kappa shape index (κ1) is 10.8. The fraction of sp³-hybridized carbons (Fsp3) is 0.400. The molecule has 1 aliphatic rings. The van der Waals surface area contributed by atoms with E-state index >= 15 is 0 Å². The van der Waals surface area contributed by atoms with E-state index in [-0.39, 0.29) is 22.8 Å². The molecule has 1 aromatic heterocycles. The van der Waals surface area contributed by atoms with E-state index in [2.05, 4.69) is 16.3 Å². The lowest BCUT2D eigenvalue weighted by Gasteiger charge is -2.18. The smallest absolute Gasteiger partial charge is 0.275 e. The van der Waals surface area contributed by atoms with Gasteiger partial charge in [-0.25, -0.2) is 0 Å². The number of likely N-dealkylation sites (tertiary alicyclic amines) is 1. The first-order valence-electron chi connectivity index (χ1n) is 4.92. The number of nitriles is 1.